The normalized spacial score (nSPS) is 10.6. The van der Waals surface area contributed by atoms with E-state index in [0.29, 0.717) is 24.8 Å². The molecule has 0 unspecified atom stereocenters. The number of ether oxygens (including phenoxy) is 2. The summed E-state index contributed by atoms with van der Waals surface area (Å²) in [6.45, 7) is 2.67. The van der Waals surface area contributed by atoms with Crippen molar-refractivity contribution in [3.8, 4) is 11.3 Å². The minimum atomic E-state index is -0.198. The van der Waals surface area contributed by atoms with Gasteiger partial charge in [0, 0.05) is 25.3 Å². The second-order valence-corrected chi connectivity index (χ2v) is 4.42. The molecule has 0 spiro atoms. The van der Waals surface area contributed by atoms with Crippen molar-refractivity contribution >= 4 is 11.6 Å². The van der Waals surface area contributed by atoms with Gasteiger partial charge in [-0.05, 0) is 12.1 Å². The van der Waals surface area contributed by atoms with Gasteiger partial charge in [-0.3, -0.25) is 4.79 Å². The van der Waals surface area contributed by atoms with Gasteiger partial charge >= 0.3 is 0 Å². The number of amides is 1. The topological polar surface area (TPSA) is 73.6 Å². The van der Waals surface area contributed by atoms with Gasteiger partial charge in [0.15, 0.2) is 5.89 Å². The molecular weight excluding hydrogens is 272 g/mol. The standard InChI is InChI=1S/C15H18N2O4/c1-11-16-14(9-21-11)12-3-5-13(6-4-12)17-15(18)10-20-8-7-19-2/h3-6,9H,7-8,10H2,1-2H3,(H,17,18). The van der Waals surface area contributed by atoms with Crippen LogP contribution in [-0.4, -0.2) is 37.8 Å². The molecule has 0 aliphatic heterocycles. The van der Waals surface area contributed by atoms with E-state index in [1.165, 1.54) is 0 Å². The van der Waals surface area contributed by atoms with E-state index in [0.717, 1.165) is 11.3 Å². The first-order valence-corrected chi connectivity index (χ1v) is 6.58. The number of hydrogen-bond acceptors (Lipinski definition) is 5. The van der Waals surface area contributed by atoms with E-state index in [4.69, 9.17) is 13.9 Å². The Hall–Kier alpha value is -2.18. The van der Waals surface area contributed by atoms with Crippen LogP contribution < -0.4 is 5.32 Å². The lowest BCUT2D eigenvalue weighted by atomic mass is 10.1. The van der Waals surface area contributed by atoms with Gasteiger partial charge in [-0.15, -0.1) is 0 Å². The van der Waals surface area contributed by atoms with Gasteiger partial charge < -0.3 is 19.2 Å². The third kappa shape index (κ3) is 4.70. The van der Waals surface area contributed by atoms with Crippen LogP contribution in [0.4, 0.5) is 5.69 Å². The highest BCUT2D eigenvalue weighted by molar-refractivity contribution is 5.91. The summed E-state index contributed by atoms with van der Waals surface area (Å²) >= 11 is 0. The lowest BCUT2D eigenvalue weighted by Crippen LogP contribution is -2.19. The third-order valence-corrected chi connectivity index (χ3v) is 2.75. The molecule has 0 aliphatic carbocycles. The predicted octanol–water partition coefficient (Wildman–Crippen LogP) is 2.25. The Morgan fingerprint density at radius 2 is 2.05 bits per heavy atom. The lowest BCUT2D eigenvalue weighted by Gasteiger charge is -2.06. The number of anilines is 1. The summed E-state index contributed by atoms with van der Waals surface area (Å²) in [5.41, 5.74) is 2.41. The largest absolute Gasteiger partial charge is 0.449 e. The van der Waals surface area contributed by atoms with Crippen molar-refractivity contribution in [1.82, 2.24) is 4.98 Å². The van der Waals surface area contributed by atoms with Gasteiger partial charge in [0.25, 0.3) is 0 Å². The second-order valence-electron chi connectivity index (χ2n) is 4.42. The molecule has 6 nitrogen and oxygen atoms in total. The molecule has 0 saturated heterocycles. The number of aromatic nitrogens is 1. The van der Waals surface area contributed by atoms with E-state index >= 15 is 0 Å². The highest BCUT2D eigenvalue weighted by atomic mass is 16.5. The molecule has 1 amide bonds. The molecule has 1 aromatic carbocycles. The molecule has 0 radical (unpaired) electrons. The molecule has 0 bridgehead atoms. The maximum Gasteiger partial charge on any atom is 0.250 e. The summed E-state index contributed by atoms with van der Waals surface area (Å²) in [6, 6.07) is 7.37. The molecular formula is C15H18N2O4. The lowest BCUT2D eigenvalue weighted by molar-refractivity contribution is -0.121. The van der Waals surface area contributed by atoms with Crippen LogP contribution in [0.1, 0.15) is 5.89 Å². The smallest absolute Gasteiger partial charge is 0.250 e. The Balaban J connectivity index is 1.86. The van der Waals surface area contributed by atoms with Gasteiger partial charge in [-0.2, -0.15) is 0 Å². The Labute approximate surface area is 123 Å². The summed E-state index contributed by atoms with van der Waals surface area (Å²) in [6.07, 6.45) is 1.60. The Kier molecular flexibility index (Phi) is 5.48. The predicted molar refractivity (Wildman–Crippen MR) is 78.0 cm³/mol. The Bertz CT molecular complexity index is 578. The fourth-order valence-corrected chi connectivity index (χ4v) is 1.72. The highest BCUT2D eigenvalue weighted by Gasteiger charge is 2.05. The fourth-order valence-electron chi connectivity index (χ4n) is 1.72. The molecule has 0 saturated carbocycles. The van der Waals surface area contributed by atoms with Crippen LogP contribution in [0.3, 0.4) is 0 Å². The summed E-state index contributed by atoms with van der Waals surface area (Å²) in [7, 11) is 1.58. The summed E-state index contributed by atoms with van der Waals surface area (Å²) in [5, 5.41) is 2.75. The van der Waals surface area contributed by atoms with Crippen LogP contribution in [0.2, 0.25) is 0 Å². The van der Waals surface area contributed by atoms with E-state index in [2.05, 4.69) is 10.3 Å². The monoisotopic (exact) mass is 290 g/mol. The van der Waals surface area contributed by atoms with Crippen molar-refractivity contribution in [2.45, 2.75) is 6.92 Å². The average molecular weight is 290 g/mol. The fraction of sp³-hybridized carbons (Fsp3) is 0.333. The van der Waals surface area contributed by atoms with Gasteiger partial charge in [0.2, 0.25) is 5.91 Å². The van der Waals surface area contributed by atoms with E-state index < -0.39 is 0 Å². The van der Waals surface area contributed by atoms with Crippen LogP contribution in [-0.2, 0) is 14.3 Å². The maximum absolute atomic E-state index is 11.6. The quantitative estimate of drug-likeness (QED) is 0.792. The van der Waals surface area contributed by atoms with Crippen LogP contribution >= 0.6 is 0 Å². The van der Waals surface area contributed by atoms with Crippen molar-refractivity contribution in [2.24, 2.45) is 0 Å². The SMILES string of the molecule is COCCOCC(=O)Nc1ccc(-c2coc(C)n2)cc1. The molecule has 0 aliphatic rings. The number of carbonyl (C=O) groups is 1. The van der Waals surface area contributed by atoms with Crippen molar-refractivity contribution in [1.29, 1.82) is 0 Å². The molecule has 6 heteroatoms. The molecule has 0 fully saturated rings. The van der Waals surface area contributed by atoms with Gasteiger partial charge in [-0.1, -0.05) is 12.1 Å². The van der Waals surface area contributed by atoms with Crippen molar-refractivity contribution in [2.75, 3.05) is 32.2 Å². The number of nitrogens with one attached hydrogen (secondary N) is 1. The van der Waals surface area contributed by atoms with E-state index in [1.54, 1.807) is 20.3 Å². The number of hydrogen-bond donors (Lipinski definition) is 1. The van der Waals surface area contributed by atoms with Crippen molar-refractivity contribution in [3.63, 3.8) is 0 Å². The highest BCUT2D eigenvalue weighted by Crippen LogP contribution is 2.20. The minimum Gasteiger partial charge on any atom is -0.449 e. The molecule has 21 heavy (non-hydrogen) atoms. The van der Waals surface area contributed by atoms with Gasteiger partial charge in [-0.25, -0.2) is 4.98 Å². The summed E-state index contributed by atoms with van der Waals surface area (Å²) < 4.78 is 15.1. The Morgan fingerprint density at radius 3 is 2.67 bits per heavy atom. The van der Waals surface area contributed by atoms with Crippen molar-refractivity contribution in [3.05, 3.63) is 36.4 Å². The zero-order valence-corrected chi connectivity index (χ0v) is 12.1. The number of carbonyl (C=O) groups excluding carboxylic acids is 1. The van der Waals surface area contributed by atoms with E-state index in [1.807, 2.05) is 24.3 Å². The molecule has 1 aromatic heterocycles. The number of aryl methyl sites for hydroxylation is 1. The van der Waals surface area contributed by atoms with Crippen LogP contribution in [0.25, 0.3) is 11.3 Å². The van der Waals surface area contributed by atoms with Gasteiger partial charge in [0.1, 0.15) is 18.6 Å². The third-order valence-electron chi connectivity index (χ3n) is 2.75. The zero-order valence-electron chi connectivity index (χ0n) is 12.1. The average Bonchev–Trinajstić information content (AvgIpc) is 2.91. The summed E-state index contributed by atoms with van der Waals surface area (Å²) in [5.74, 6) is 0.423. The first kappa shape index (κ1) is 15.2. The van der Waals surface area contributed by atoms with Crippen LogP contribution in [0.5, 0.6) is 0 Å². The van der Waals surface area contributed by atoms with Crippen molar-refractivity contribution < 1.29 is 18.7 Å². The van der Waals surface area contributed by atoms with Gasteiger partial charge in [0.05, 0.1) is 13.2 Å². The second kappa shape index (κ2) is 7.56. The molecule has 112 valence electrons. The number of rotatable bonds is 7. The molecule has 1 N–H and O–H groups in total. The zero-order chi connectivity index (χ0) is 15.1. The van der Waals surface area contributed by atoms with Crippen LogP contribution in [0.15, 0.2) is 34.9 Å². The minimum absolute atomic E-state index is 0.00753. The first-order chi connectivity index (χ1) is 10.2. The maximum atomic E-state index is 11.6. The number of benzene rings is 1. The molecule has 2 aromatic rings. The summed E-state index contributed by atoms with van der Waals surface area (Å²) in [4.78, 5) is 15.9. The Morgan fingerprint density at radius 1 is 1.29 bits per heavy atom. The molecule has 2 rings (SSSR count). The van der Waals surface area contributed by atoms with E-state index in [-0.39, 0.29) is 12.5 Å². The van der Waals surface area contributed by atoms with E-state index in [9.17, 15) is 4.79 Å². The number of nitrogens with zero attached hydrogens (tertiary/aromatic N) is 1. The van der Waals surface area contributed by atoms with Crippen LogP contribution in [0, 0.1) is 6.92 Å². The molecule has 1 heterocycles. The first-order valence-electron chi connectivity index (χ1n) is 6.58. The number of oxazole rings is 1. The number of methoxy groups -OCH3 is 1. The molecule has 0 atom stereocenters.